The molecule has 0 spiro atoms. The largest absolute Gasteiger partial charge is 0.327 e. The molecule has 1 fully saturated rings. The van der Waals surface area contributed by atoms with Crippen LogP contribution in [0.4, 0.5) is 0 Å². The molecule has 0 aromatic carbocycles. The van der Waals surface area contributed by atoms with Crippen molar-refractivity contribution >= 4 is 0 Å². The molecule has 1 nitrogen and oxygen atoms in total. The van der Waals surface area contributed by atoms with E-state index < -0.39 is 0 Å². The highest BCUT2D eigenvalue weighted by Gasteiger charge is 2.22. The molecule has 0 saturated heterocycles. The molecule has 0 heterocycles. The Kier molecular flexibility index (Phi) is 3.38. The minimum Gasteiger partial charge on any atom is -0.327 e. The van der Waals surface area contributed by atoms with Crippen LogP contribution in [0.15, 0.2) is 0 Å². The maximum atomic E-state index is 6.08. The van der Waals surface area contributed by atoms with Crippen molar-refractivity contribution in [3.8, 4) is 0 Å². The topological polar surface area (TPSA) is 26.0 Å². The van der Waals surface area contributed by atoms with Gasteiger partial charge in [-0.1, -0.05) is 33.1 Å². The van der Waals surface area contributed by atoms with E-state index in [1.165, 1.54) is 32.1 Å². The average Bonchev–Trinajstić information content (AvgIpc) is 2.13. The molecule has 2 atom stereocenters. The third kappa shape index (κ3) is 2.48. The SMILES string of the molecule is CC(C)C1CCCCCC1N. The van der Waals surface area contributed by atoms with Crippen molar-refractivity contribution in [2.75, 3.05) is 0 Å². The first-order valence-corrected chi connectivity index (χ1v) is 4.97. The van der Waals surface area contributed by atoms with Crippen molar-refractivity contribution in [1.82, 2.24) is 0 Å². The van der Waals surface area contributed by atoms with Crippen LogP contribution in [-0.2, 0) is 0 Å². The lowest BCUT2D eigenvalue weighted by atomic mass is 9.85. The van der Waals surface area contributed by atoms with Crippen LogP contribution in [-0.4, -0.2) is 6.04 Å². The summed E-state index contributed by atoms with van der Waals surface area (Å²) in [5.41, 5.74) is 6.08. The Morgan fingerprint density at radius 2 is 1.73 bits per heavy atom. The summed E-state index contributed by atoms with van der Waals surface area (Å²) in [7, 11) is 0. The zero-order valence-electron chi connectivity index (χ0n) is 7.84. The maximum Gasteiger partial charge on any atom is 0.00696 e. The zero-order valence-corrected chi connectivity index (χ0v) is 7.84. The Hall–Kier alpha value is -0.0400. The van der Waals surface area contributed by atoms with Crippen molar-refractivity contribution in [2.45, 2.75) is 52.0 Å². The summed E-state index contributed by atoms with van der Waals surface area (Å²) >= 11 is 0. The molecule has 2 N–H and O–H groups in total. The lowest BCUT2D eigenvalue weighted by molar-refractivity contribution is 0.301. The van der Waals surface area contributed by atoms with Gasteiger partial charge in [-0.2, -0.15) is 0 Å². The Morgan fingerprint density at radius 3 is 2.36 bits per heavy atom. The number of rotatable bonds is 1. The molecule has 1 aliphatic carbocycles. The Morgan fingerprint density at radius 1 is 1.09 bits per heavy atom. The zero-order chi connectivity index (χ0) is 8.27. The summed E-state index contributed by atoms with van der Waals surface area (Å²) in [4.78, 5) is 0. The molecule has 1 rings (SSSR count). The van der Waals surface area contributed by atoms with Crippen molar-refractivity contribution in [3.05, 3.63) is 0 Å². The van der Waals surface area contributed by atoms with Gasteiger partial charge >= 0.3 is 0 Å². The van der Waals surface area contributed by atoms with Gasteiger partial charge in [-0.25, -0.2) is 0 Å². The van der Waals surface area contributed by atoms with Gasteiger partial charge in [0.05, 0.1) is 0 Å². The molecule has 11 heavy (non-hydrogen) atoms. The van der Waals surface area contributed by atoms with Gasteiger partial charge in [-0.05, 0) is 24.7 Å². The van der Waals surface area contributed by atoms with Gasteiger partial charge < -0.3 is 5.73 Å². The van der Waals surface area contributed by atoms with Gasteiger partial charge in [0.15, 0.2) is 0 Å². The predicted molar refractivity (Wildman–Crippen MR) is 49.4 cm³/mol. The van der Waals surface area contributed by atoms with Crippen LogP contribution in [0.2, 0.25) is 0 Å². The second-order valence-corrected chi connectivity index (χ2v) is 4.21. The highest BCUT2D eigenvalue weighted by Crippen LogP contribution is 2.27. The molecule has 1 saturated carbocycles. The summed E-state index contributed by atoms with van der Waals surface area (Å²) < 4.78 is 0. The van der Waals surface area contributed by atoms with Crippen LogP contribution in [0.25, 0.3) is 0 Å². The van der Waals surface area contributed by atoms with Crippen LogP contribution in [0, 0.1) is 11.8 Å². The molecule has 1 heteroatoms. The molecule has 0 aromatic rings. The van der Waals surface area contributed by atoms with Gasteiger partial charge in [-0.3, -0.25) is 0 Å². The first-order chi connectivity index (χ1) is 5.22. The third-order valence-corrected chi connectivity index (χ3v) is 2.98. The summed E-state index contributed by atoms with van der Waals surface area (Å²) in [6.45, 7) is 4.60. The van der Waals surface area contributed by atoms with E-state index in [2.05, 4.69) is 13.8 Å². The Balaban J connectivity index is 2.45. The summed E-state index contributed by atoms with van der Waals surface area (Å²) in [5, 5.41) is 0. The van der Waals surface area contributed by atoms with Gasteiger partial charge in [0.25, 0.3) is 0 Å². The summed E-state index contributed by atoms with van der Waals surface area (Å²) in [5.74, 6) is 1.57. The van der Waals surface area contributed by atoms with Crippen LogP contribution in [0.5, 0.6) is 0 Å². The number of nitrogens with two attached hydrogens (primary N) is 1. The smallest absolute Gasteiger partial charge is 0.00696 e. The van der Waals surface area contributed by atoms with Crippen molar-refractivity contribution in [1.29, 1.82) is 0 Å². The van der Waals surface area contributed by atoms with E-state index in [0.29, 0.717) is 6.04 Å². The molecular formula is C10H21N. The first-order valence-electron chi connectivity index (χ1n) is 4.97. The fraction of sp³-hybridized carbons (Fsp3) is 1.00. The van der Waals surface area contributed by atoms with E-state index >= 15 is 0 Å². The van der Waals surface area contributed by atoms with Gasteiger partial charge in [0.2, 0.25) is 0 Å². The highest BCUT2D eigenvalue weighted by molar-refractivity contribution is 4.78. The molecular weight excluding hydrogens is 134 g/mol. The number of hydrogen-bond donors (Lipinski definition) is 1. The summed E-state index contributed by atoms with van der Waals surface area (Å²) in [6, 6.07) is 0.484. The van der Waals surface area contributed by atoms with E-state index in [4.69, 9.17) is 5.73 Å². The van der Waals surface area contributed by atoms with E-state index in [1.54, 1.807) is 0 Å². The fourth-order valence-electron chi connectivity index (χ4n) is 2.19. The number of hydrogen-bond acceptors (Lipinski definition) is 1. The van der Waals surface area contributed by atoms with E-state index in [1.807, 2.05) is 0 Å². The van der Waals surface area contributed by atoms with E-state index in [0.717, 1.165) is 11.8 Å². The van der Waals surface area contributed by atoms with Crippen LogP contribution in [0.3, 0.4) is 0 Å². The summed E-state index contributed by atoms with van der Waals surface area (Å²) in [6.07, 6.45) is 6.76. The lowest BCUT2D eigenvalue weighted by Gasteiger charge is -2.24. The molecule has 0 amide bonds. The highest BCUT2D eigenvalue weighted by atomic mass is 14.7. The standard InChI is InChI=1S/C10H21N/c1-8(2)9-6-4-3-5-7-10(9)11/h8-10H,3-7,11H2,1-2H3. The molecule has 0 bridgehead atoms. The van der Waals surface area contributed by atoms with Crippen LogP contribution in [0.1, 0.15) is 46.0 Å². The molecule has 0 aromatic heterocycles. The van der Waals surface area contributed by atoms with Gasteiger partial charge in [0.1, 0.15) is 0 Å². The second-order valence-electron chi connectivity index (χ2n) is 4.21. The van der Waals surface area contributed by atoms with Crippen LogP contribution < -0.4 is 5.73 Å². The van der Waals surface area contributed by atoms with E-state index in [-0.39, 0.29) is 0 Å². The van der Waals surface area contributed by atoms with E-state index in [9.17, 15) is 0 Å². The van der Waals surface area contributed by atoms with Crippen molar-refractivity contribution in [3.63, 3.8) is 0 Å². The van der Waals surface area contributed by atoms with Crippen molar-refractivity contribution in [2.24, 2.45) is 17.6 Å². The maximum absolute atomic E-state index is 6.08. The minimum atomic E-state index is 0.484. The first kappa shape index (κ1) is 9.05. The average molecular weight is 155 g/mol. The fourth-order valence-corrected chi connectivity index (χ4v) is 2.19. The third-order valence-electron chi connectivity index (χ3n) is 2.98. The monoisotopic (exact) mass is 155 g/mol. The molecule has 2 unspecified atom stereocenters. The van der Waals surface area contributed by atoms with Gasteiger partial charge in [0, 0.05) is 6.04 Å². The Labute approximate surface area is 70.4 Å². The molecule has 1 aliphatic rings. The predicted octanol–water partition coefficient (Wildman–Crippen LogP) is 2.55. The molecule has 66 valence electrons. The minimum absolute atomic E-state index is 0.484. The van der Waals surface area contributed by atoms with Crippen molar-refractivity contribution < 1.29 is 0 Å². The Bertz CT molecular complexity index is 109. The quantitative estimate of drug-likeness (QED) is 0.579. The lowest BCUT2D eigenvalue weighted by Crippen LogP contribution is -2.32. The van der Waals surface area contributed by atoms with Gasteiger partial charge in [-0.15, -0.1) is 0 Å². The molecule has 0 aliphatic heterocycles. The molecule has 0 radical (unpaired) electrons. The normalized spacial score (nSPS) is 33.8. The van der Waals surface area contributed by atoms with Crippen LogP contribution >= 0.6 is 0 Å². The second kappa shape index (κ2) is 4.10.